The van der Waals surface area contributed by atoms with Crippen LogP contribution < -0.4 is 16.4 Å². The lowest BCUT2D eigenvalue weighted by Gasteiger charge is -2.47. The number of carboxylic acid groups (broad SMARTS) is 1. The van der Waals surface area contributed by atoms with Crippen LogP contribution in [0.1, 0.15) is 20.3 Å². The molecule has 5 rings (SSSR count). The summed E-state index contributed by atoms with van der Waals surface area (Å²) in [6.07, 6.45) is 1.79. The number of hydrogen-bond donors (Lipinski definition) is 5. The molecule has 0 spiro atoms. The molecule has 3 fully saturated rings. The molecule has 17 nitrogen and oxygen atoms in total. The van der Waals surface area contributed by atoms with Gasteiger partial charge in [-0.25, -0.2) is 9.48 Å². The fourth-order valence-electron chi connectivity index (χ4n) is 6.33. The van der Waals surface area contributed by atoms with E-state index >= 15 is 0 Å². The van der Waals surface area contributed by atoms with Gasteiger partial charge in [0.1, 0.15) is 24.6 Å². The second kappa shape index (κ2) is 12.6. The van der Waals surface area contributed by atoms with E-state index in [1.807, 2.05) is 6.92 Å². The van der Waals surface area contributed by atoms with Gasteiger partial charge in [-0.05, 0) is 23.8 Å². The summed E-state index contributed by atoms with van der Waals surface area (Å²) >= 11 is 1.39. The Morgan fingerprint density at radius 1 is 1.21 bits per heavy atom. The molecule has 43 heavy (non-hydrogen) atoms. The van der Waals surface area contributed by atoms with Gasteiger partial charge in [-0.2, -0.15) is 0 Å². The van der Waals surface area contributed by atoms with E-state index < -0.39 is 42.7 Å². The van der Waals surface area contributed by atoms with Crippen molar-refractivity contribution in [1.29, 1.82) is 0 Å². The number of nitrogens with zero attached hydrogens (tertiary/aromatic N) is 7. The van der Waals surface area contributed by atoms with Crippen LogP contribution in [-0.4, -0.2) is 143 Å². The van der Waals surface area contributed by atoms with Gasteiger partial charge in [0.15, 0.2) is 0 Å². The number of carbonyl (C=O) groups excluding carboxylic acids is 4. The standard InChI is InChI=1S/C25H36N10O7S/c1-12-19-18(13(2)29-17(37)9-34-11-28-30-31-34)24(40)35(19)20(25(41)42)21(12)43-14-7-16(27-8-14)23(39)33-5-3-32(4-6-33)22(38)15(26)10-36/h11-16,18-19,27,36H,3-10,26H2,1-2H3,(H,29,37)(H,41,42)/t12-,13-,14+,15?,16+,18-,19-/m1/s1. The maximum Gasteiger partial charge on any atom is 0.353 e. The summed E-state index contributed by atoms with van der Waals surface area (Å²) < 4.78 is 1.26. The molecule has 1 unspecified atom stereocenters. The predicted molar refractivity (Wildman–Crippen MR) is 149 cm³/mol. The van der Waals surface area contributed by atoms with Crippen LogP contribution in [0.25, 0.3) is 0 Å². The van der Waals surface area contributed by atoms with Crippen molar-refractivity contribution < 1.29 is 34.2 Å². The number of rotatable bonds is 10. The number of carbonyl (C=O) groups is 5. The molecule has 4 aliphatic rings. The predicted octanol–water partition coefficient (Wildman–Crippen LogP) is -3.60. The molecule has 3 saturated heterocycles. The van der Waals surface area contributed by atoms with Gasteiger partial charge in [0.05, 0.1) is 24.6 Å². The van der Waals surface area contributed by atoms with E-state index in [2.05, 4.69) is 26.2 Å². The molecule has 1 aromatic heterocycles. The quantitative estimate of drug-likeness (QED) is 0.160. The van der Waals surface area contributed by atoms with Crippen LogP contribution in [0, 0.1) is 11.8 Å². The third-order valence-corrected chi connectivity index (χ3v) is 10.0. The van der Waals surface area contributed by atoms with E-state index in [4.69, 9.17) is 10.8 Å². The number of nitrogens with one attached hydrogen (secondary N) is 2. The highest BCUT2D eigenvalue weighted by molar-refractivity contribution is 8.03. The number of tetrazole rings is 1. The first-order valence-electron chi connectivity index (χ1n) is 14.2. The van der Waals surface area contributed by atoms with E-state index in [9.17, 15) is 29.1 Å². The van der Waals surface area contributed by atoms with E-state index in [-0.39, 0.29) is 47.0 Å². The first kappa shape index (κ1) is 30.8. The topological polar surface area (TPSA) is 229 Å². The summed E-state index contributed by atoms with van der Waals surface area (Å²) in [5.41, 5.74) is 5.60. The van der Waals surface area contributed by atoms with Gasteiger partial charge in [0.25, 0.3) is 0 Å². The Hall–Kier alpha value is -3.61. The highest BCUT2D eigenvalue weighted by atomic mass is 32.2. The minimum Gasteiger partial charge on any atom is -0.477 e. The highest BCUT2D eigenvalue weighted by Crippen LogP contribution is 2.51. The number of hydrogen-bond acceptors (Lipinski definition) is 12. The zero-order valence-corrected chi connectivity index (χ0v) is 24.6. The number of carboxylic acids is 1. The normalized spacial score (nSPS) is 28.4. The molecular formula is C25H36N10O7S. The second-order valence-corrected chi connectivity index (χ2v) is 12.6. The molecule has 4 aliphatic heterocycles. The van der Waals surface area contributed by atoms with Crippen molar-refractivity contribution in [2.75, 3.05) is 39.3 Å². The molecule has 234 valence electrons. The minimum absolute atomic E-state index is 0.0346. The summed E-state index contributed by atoms with van der Waals surface area (Å²) in [5.74, 6) is -3.20. The van der Waals surface area contributed by atoms with Gasteiger partial charge < -0.3 is 41.3 Å². The molecule has 7 atom stereocenters. The van der Waals surface area contributed by atoms with E-state index in [0.29, 0.717) is 44.0 Å². The molecule has 0 saturated carbocycles. The Morgan fingerprint density at radius 3 is 2.53 bits per heavy atom. The van der Waals surface area contributed by atoms with Gasteiger partial charge in [0, 0.05) is 54.8 Å². The highest BCUT2D eigenvalue weighted by Gasteiger charge is 2.60. The first-order chi connectivity index (χ1) is 20.5. The van der Waals surface area contributed by atoms with E-state index in [0.717, 1.165) is 0 Å². The van der Waals surface area contributed by atoms with Crippen LogP contribution in [0.3, 0.4) is 0 Å². The van der Waals surface area contributed by atoms with Crippen LogP contribution in [0.4, 0.5) is 0 Å². The number of aliphatic carboxylic acids is 1. The van der Waals surface area contributed by atoms with Gasteiger partial charge >= 0.3 is 5.97 Å². The number of amides is 4. The molecule has 0 aromatic carbocycles. The van der Waals surface area contributed by atoms with Gasteiger partial charge in [0.2, 0.25) is 23.6 Å². The van der Waals surface area contributed by atoms with Crippen molar-refractivity contribution in [3.8, 4) is 0 Å². The van der Waals surface area contributed by atoms with Crippen molar-refractivity contribution in [3.63, 3.8) is 0 Å². The van der Waals surface area contributed by atoms with Crippen molar-refractivity contribution in [2.24, 2.45) is 17.6 Å². The first-order valence-corrected chi connectivity index (χ1v) is 15.0. The smallest absolute Gasteiger partial charge is 0.353 e. The molecule has 0 aliphatic carbocycles. The number of aromatic nitrogens is 4. The number of nitrogens with two attached hydrogens (primary N) is 1. The fourth-order valence-corrected chi connectivity index (χ4v) is 7.81. The van der Waals surface area contributed by atoms with Crippen molar-refractivity contribution in [2.45, 2.75) is 56.2 Å². The van der Waals surface area contributed by atoms with Gasteiger partial charge in [-0.3, -0.25) is 19.2 Å². The molecule has 1 aromatic rings. The monoisotopic (exact) mass is 620 g/mol. The Bertz CT molecular complexity index is 1300. The Morgan fingerprint density at radius 2 is 1.91 bits per heavy atom. The minimum atomic E-state index is -1.19. The molecular weight excluding hydrogens is 584 g/mol. The molecule has 0 bridgehead atoms. The molecule has 5 heterocycles. The summed E-state index contributed by atoms with van der Waals surface area (Å²) in [6.45, 7) is 4.93. The van der Waals surface area contributed by atoms with Gasteiger partial charge in [-0.1, -0.05) is 6.92 Å². The Balaban J connectivity index is 1.17. The lowest BCUT2D eigenvalue weighted by Crippen LogP contribution is -2.66. The number of thioether (sulfide) groups is 1. The van der Waals surface area contributed by atoms with Crippen molar-refractivity contribution >= 4 is 41.4 Å². The third kappa shape index (κ3) is 5.96. The number of β-lactam (4-membered cyclic amide) rings is 1. The molecule has 0 radical (unpaired) electrons. The molecule has 6 N–H and O–H groups in total. The lowest BCUT2D eigenvalue weighted by molar-refractivity contribution is -0.158. The summed E-state index contributed by atoms with van der Waals surface area (Å²) in [4.78, 5) is 68.6. The van der Waals surface area contributed by atoms with Crippen LogP contribution in [0.5, 0.6) is 0 Å². The molecule has 18 heteroatoms. The number of aliphatic hydroxyl groups is 1. The summed E-state index contributed by atoms with van der Waals surface area (Å²) in [7, 11) is 0. The van der Waals surface area contributed by atoms with Crippen molar-refractivity contribution in [3.05, 3.63) is 16.9 Å². The maximum atomic E-state index is 13.2. The van der Waals surface area contributed by atoms with Crippen LogP contribution in [0.2, 0.25) is 0 Å². The largest absolute Gasteiger partial charge is 0.477 e. The Labute approximate surface area is 251 Å². The molecule has 4 amide bonds. The number of piperazine rings is 1. The number of aliphatic hydroxyl groups excluding tert-OH is 1. The number of fused-ring (bicyclic) bond motifs is 1. The van der Waals surface area contributed by atoms with E-state index in [1.165, 1.54) is 27.7 Å². The zero-order chi connectivity index (χ0) is 31.0. The SMILES string of the molecule is C[C@@H](NC(=O)Cn1cnnn1)[C@H]1C(=O)N2C(C(=O)O)=C(S[C@@H]3CN[C@H](C(=O)N4CCN(C(=O)C(N)CO)CC4)C3)[C@H](C)[C@H]12. The van der Waals surface area contributed by atoms with Crippen LogP contribution in [-0.2, 0) is 30.5 Å². The average molecular weight is 621 g/mol. The van der Waals surface area contributed by atoms with Crippen LogP contribution in [0.15, 0.2) is 16.9 Å². The fraction of sp³-hybridized carbons (Fsp3) is 0.680. The average Bonchev–Trinajstić information content (AvgIpc) is 3.72. The summed E-state index contributed by atoms with van der Waals surface area (Å²) in [6, 6.07) is -2.37. The van der Waals surface area contributed by atoms with Crippen molar-refractivity contribution in [1.82, 2.24) is 45.5 Å². The maximum absolute atomic E-state index is 13.2. The van der Waals surface area contributed by atoms with Gasteiger partial charge in [-0.15, -0.1) is 16.9 Å². The van der Waals surface area contributed by atoms with E-state index in [1.54, 1.807) is 16.7 Å². The lowest BCUT2D eigenvalue weighted by atomic mass is 9.78. The van der Waals surface area contributed by atoms with Crippen LogP contribution >= 0.6 is 11.8 Å². The third-order valence-electron chi connectivity index (χ3n) is 8.51. The second-order valence-electron chi connectivity index (χ2n) is 11.3. The Kier molecular flexibility index (Phi) is 9.00. The zero-order valence-electron chi connectivity index (χ0n) is 23.8. The summed E-state index contributed by atoms with van der Waals surface area (Å²) in [5, 5.41) is 35.8.